The third-order valence-electron chi connectivity index (χ3n) is 2.11. The van der Waals surface area contributed by atoms with Gasteiger partial charge in [-0.05, 0) is 31.0 Å². The highest BCUT2D eigenvalue weighted by Crippen LogP contribution is 2.25. The summed E-state index contributed by atoms with van der Waals surface area (Å²) in [5.41, 5.74) is 2.24. The minimum atomic E-state index is -0.313. The first-order valence-electron chi connectivity index (χ1n) is 4.62. The molecule has 0 amide bonds. The molecule has 82 valence electrons. The first kappa shape index (κ1) is 12.5. The van der Waals surface area contributed by atoms with Crippen molar-refractivity contribution in [1.29, 1.82) is 0 Å². The number of benzene rings is 1. The number of carbonyl (C=O) groups is 1. The van der Waals surface area contributed by atoms with Crippen molar-refractivity contribution in [3.8, 4) is 0 Å². The predicted octanol–water partition coefficient (Wildman–Crippen LogP) is 3.67. The van der Waals surface area contributed by atoms with Gasteiger partial charge in [0, 0.05) is 10.4 Å². The molecule has 2 nitrogen and oxygen atoms in total. The van der Waals surface area contributed by atoms with Gasteiger partial charge in [-0.3, -0.25) is 0 Å². The molecule has 0 fully saturated rings. The van der Waals surface area contributed by atoms with E-state index in [1.807, 2.05) is 19.1 Å². The van der Waals surface area contributed by atoms with Crippen molar-refractivity contribution in [2.75, 3.05) is 6.61 Å². The predicted molar refractivity (Wildman–Crippen MR) is 64.4 cm³/mol. The highest BCUT2D eigenvalue weighted by molar-refractivity contribution is 9.10. The molecular weight excluding hydrogens is 279 g/mol. The van der Waals surface area contributed by atoms with Crippen molar-refractivity contribution in [3.05, 3.63) is 33.3 Å². The lowest BCUT2D eigenvalue weighted by atomic mass is 10.0. The Kier molecular flexibility index (Phi) is 4.61. The highest BCUT2D eigenvalue weighted by Gasteiger charge is 2.16. The SMILES string of the molecule is CCOC(=O)c1c(CCl)ccc(Br)c1C. The Balaban J connectivity index is 3.23. The molecule has 0 N–H and O–H groups in total. The Bertz CT molecular complexity index is 377. The van der Waals surface area contributed by atoms with Crippen molar-refractivity contribution in [2.24, 2.45) is 0 Å². The van der Waals surface area contributed by atoms with Crippen LogP contribution in [0.25, 0.3) is 0 Å². The standard InChI is InChI=1S/C11H12BrClO2/c1-3-15-11(14)10-7(2)9(12)5-4-8(10)6-13/h4-5H,3,6H2,1-2H3. The molecule has 1 rings (SSSR count). The zero-order valence-corrected chi connectivity index (χ0v) is 11.0. The van der Waals surface area contributed by atoms with Gasteiger partial charge >= 0.3 is 5.97 Å². The quantitative estimate of drug-likeness (QED) is 0.627. The van der Waals surface area contributed by atoms with Gasteiger partial charge in [-0.15, -0.1) is 11.6 Å². The van der Waals surface area contributed by atoms with Crippen LogP contribution < -0.4 is 0 Å². The lowest BCUT2D eigenvalue weighted by molar-refractivity contribution is 0.0524. The highest BCUT2D eigenvalue weighted by atomic mass is 79.9. The summed E-state index contributed by atoms with van der Waals surface area (Å²) in [6.45, 7) is 4.02. The number of rotatable bonds is 3. The smallest absolute Gasteiger partial charge is 0.338 e. The minimum Gasteiger partial charge on any atom is -0.462 e. The van der Waals surface area contributed by atoms with Crippen molar-refractivity contribution >= 4 is 33.5 Å². The molecule has 1 aromatic carbocycles. The third kappa shape index (κ3) is 2.73. The van der Waals surface area contributed by atoms with Gasteiger partial charge in [-0.2, -0.15) is 0 Å². The van der Waals surface area contributed by atoms with Gasteiger partial charge in [-0.25, -0.2) is 4.79 Å². The van der Waals surface area contributed by atoms with Crippen LogP contribution in [-0.4, -0.2) is 12.6 Å². The molecule has 4 heteroatoms. The number of hydrogen-bond acceptors (Lipinski definition) is 2. The van der Waals surface area contributed by atoms with Crippen LogP contribution in [0.5, 0.6) is 0 Å². The average molecular weight is 292 g/mol. The molecule has 0 spiro atoms. The van der Waals surface area contributed by atoms with E-state index in [1.165, 1.54) is 0 Å². The molecule has 0 saturated heterocycles. The molecule has 0 bridgehead atoms. The molecule has 0 aromatic heterocycles. The van der Waals surface area contributed by atoms with E-state index in [9.17, 15) is 4.79 Å². The van der Waals surface area contributed by atoms with E-state index < -0.39 is 0 Å². The molecule has 0 unspecified atom stereocenters. The number of alkyl halides is 1. The summed E-state index contributed by atoms with van der Waals surface area (Å²) >= 11 is 9.16. The summed E-state index contributed by atoms with van der Waals surface area (Å²) in [5.74, 6) is -0.00520. The van der Waals surface area contributed by atoms with Crippen molar-refractivity contribution < 1.29 is 9.53 Å². The second kappa shape index (κ2) is 5.52. The Labute approximate surface area is 103 Å². The second-order valence-corrected chi connectivity index (χ2v) is 4.18. The molecule has 1 aromatic rings. The normalized spacial score (nSPS) is 10.1. The minimum absolute atomic E-state index is 0.308. The molecule has 0 radical (unpaired) electrons. The Morgan fingerprint density at radius 1 is 1.53 bits per heavy atom. The number of carbonyl (C=O) groups excluding carboxylic acids is 1. The molecular formula is C11H12BrClO2. The van der Waals surface area contributed by atoms with Crippen molar-refractivity contribution in [1.82, 2.24) is 0 Å². The van der Waals surface area contributed by atoms with Crippen LogP contribution in [0.2, 0.25) is 0 Å². The molecule has 0 saturated carbocycles. The number of ether oxygens (including phenoxy) is 1. The zero-order valence-electron chi connectivity index (χ0n) is 8.64. The molecule has 0 aliphatic rings. The van der Waals surface area contributed by atoms with Crippen LogP contribution in [0.15, 0.2) is 16.6 Å². The lowest BCUT2D eigenvalue weighted by Crippen LogP contribution is -2.10. The lowest BCUT2D eigenvalue weighted by Gasteiger charge is -2.11. The summed E-state index contributed by atoms with van der Waals surface area (Å²) < 4.78 is 5.88. The summed E-state index contributed by atoms with van der Waals surface area (Å²) in [6, 6.07) is 3.71. The van der Waals surface area contributed by atoms with Gasteiger partial charge in [0.1, 0.15) is 0 Å². The van der Waals surface area contributed by atoms with Crippen LogP contribution >= 0.6 is 27.5 Å². The van der Waals surface area contributed by atoms with E-state index in [4.69, 9.17) is 16.3 Å². The molecule has 0 aliphatic heterocycles. The van der Waals surface area contributed by atoms with Gasteiger partial charge in [0.05, 0.1) is 12.2 Å². The monoisotopic (exact) mass is 290 g/mol. The zero-order chi connectivity index (χ0) is 11.4. The van der Waals surface area contributed by atoms with E-state index in [0.29, 0.717) is 18.1 Å². The van der Waals surface area contributed by atoms with E-state index in [2.05, 4.69) is 15.9 Å². The maximum absolute atomic E-state index is 11.7. The first-order chi connectivity index (χ1) is 7.11. The number of halogens is 2. The van der Waals surface area contributed by atoms with Crippen LogP contribution in [0.4, 0.5) is 0 Å². The van der Waals surface area contributed by atoms with Crippen LogP contribution in [0, 0.1) is 6.92 Å². The average Bonchev–Trinajstić information content (AvgIpc) is 2.22. The van der Waals surface area contributed by atoms with Crippen LogP contribution in [-0.2, 0) is 10.6 Å². The summed E-state index contributed by atoms with van der Waals surface area (Å²) in [4.78, 5) is 11.7. The summed E-state index contributed by atoms with van der Waals surface area (Å²) in [6.07, 6.45) is 0. The van der Waals surface area contributed by atoms with E-state index in [0.717, 1.165) is 15.6 Å². The Hall–Kier alpha value is -0.540. The van der Waals surface area contributed by atoms with Crippen LogP contribution in [0.3, 0.4) is 0 Å². The first-order valence-corrected chi connectivity index (χ1v) is 5.95. The molecule has 15 heavy (non-hydrogen) atoms. The van der Waals surface area contributed by atoms with E-state index in [-0.39, 0.29) is 5.97 Å². The van der Waals surface area contributed by atoms with E-state index >= 15 is 0 Å². The van der Waals surface area contributed by atoms with Gasteiger partial charge in [0.25, 0.3) is 0 Å². The fourth-order valence-electron chi connectivity index (χ4n) is 1.34. The van der Waals surface area contributed by atoms with Crippen molar-refractivity contribution in [3.63, 3.8) is 0 Å². The molecule has 0 heterocycles. The maximum Gasteiger partial charge on any atom is 0.338 e. The Morgan fingerprint density at radius 3 is 2.73 bits per heavy atom. The third-order valence-corrected chi connectivity index (χ3v) is 3.26. The molecule has 0 aliphatic carbocycles. The summed E-state index contributed by atoms with van der Waals surface area (Å²) in [7, 11) is 0. The van der Waals surface area contributed by atoms with E-state index in [1.54, 1.807) is 6.92 Å². The topological polar surface area (TPSA) is 26.3 Å². The van der Waals surface area contributed by atoms with Gasteiger partial charge in [0.15, 0.2) is 0 Å². The van der Waals surface area contributed by atoms with Gasteiger partial charge in [-0.1, -0.05) is 22.0 Å². The largest absolute Gasteiger partial charge is 0.462 e. The van der Waals surface area contributed by atoms with Gasteiger partial charge in [0.2, 0.25) is 0 Å². The molecule has 0 atom stereocenters. The maximum atomic E-state index is 11.7. The van der Waals surface area contributed by atoms with Gasteiger partial charge < -0.3 is 4.74 Å². The van der Waals surface area contributed by atoms with Crippen molar-refractivity contribution in [2.45, 2.75) is 19.7 Å². The van der Waals surface area contributed by atoms with Crippen LogP contribution in [0.1, 0.15) is 28.4 Å². The number of esters is 1. The Morgan fingerprint density at radius 2 is 2.20 bits per heavy atom. The fourth-order valence-corrected chi connectivity index (χ4v) is 1.89. The fraction of sp³-hybridized carbons (Fsp3) is 0.364. The number of hydrogen-bond donors (Lipinski definition) is 0. The second-order valence-electron chi connectivity index (χ2n) is 3.06. The summed E-state index contributed by atoms with van der Waals surface area (Å²) in [5, 5.41) is 0.